The molecule has 0 aromatic heterocycles. The smallest absolute Gasteiger partial charge is 0.123 e. The number of ether oxygens (including phenoxy) is 1. The van der Waals surface area contributed by atoms with Crippen molar-refractivity contribution in [2.24, 2.45) is 5.73 Å². The monoisotopic (exact) mass is 250 g/mol. The summed E-state index contributed by atoms with van der Waals surface area (Å²) in [7, 11) is 0. The van der Waals surface area contributed by atoms with Crippen molar-refractivity contribution < 1.29 is 9.13 Å². The molecule has 2 bridgehead atoms. The van der Waals surface area contributed by atoms with Gasteiger partial charge >= 0.3 is 0 Å². The molecule has 2 N–H and O–H groups in total. The first-order chi connectivity index (χ1) is 8.72. The van der Waals surface area contributed by atoms with Crippen LogP contribution in [0, 0.1) is 5.82 Å². The number of nitrogens with two attached hydrogens (primary N) is 1. The largest absolute Gasteiger partial charge is 0.378 e. The summed E-state index contributed by atoms with van der Waals surface area (Å²) >= 11 is 0. The Labute approximate surface area is 107 Å². The van der Waals surface area contributed by atoms with Crippen LogP contribution < -0.4 is 5.73 Å². The molecule has 0 spiro atoms. The normalized spacial score (nSPS) is 32.4. The number of halogens is 1. The van der Waals surface area contributed by atoms with E-state index in [9.17, 15) is 4.39 Å². The Morgan fingerprint density at radius 1 is 1.17 bits per heavy atom. The van der Waals surface area contributed by atoms with Gasteiger partial charge < -0.3 is 10.5 Å². The van der Waals surface area contributed by atoms with Crippen LogP contribution in [0.1, 0.15) is 18.4 Å². The minimum atomic E-state index is -0.178. The number of morpholine rings is 1. The molecule has 2 aliphatic heterocycles. The first kappa shape index (κ1) is 12.1. The minimum Gasteiger partial charge on any atom is -0.378 e. The van der Waals surface area contributed by atoms with E-state index in [-0.39, 0.29) is 5.82 Å². The Kier molecular flexibility index (Phi) is 3.33. The Hall–Kier alpha value is -0.970. The van der Waals surface area contributed by atoms with Crippen molar-refractivity contribution in [2.45, 2.75) is 37.5 Å². The maximum absolute atomic E-state index is 12.9. The predicted octanol–water partition coefficient (Wildman–Crippen LogP) is 1.52. The molecular weight excluding hydrogens is 231 g/mol. The maximum Gasteiger partial charge on any atom is 0.123 e. The molecule has 18 heavy (non-hydrogen) atoms. The highest BCUT2D eigenvalue weighted by Crippen LogP contribution is 2.28. The van der Waals surface area contributed by atoms with Gasteiger partial charge in [-0.05, 0) is 30.5 Å². The Morgan fingerprint density at radius 3 is 2.39 bits per heavy atom. The molecule has 3 rings (SSSR count). The third kappa shape index (κ3) is 2.41. The van der Waals surface area contributed by atoms with Gasteiger partial charge in [0.1, 0.15) is 5.82 Å². The topological polar surface area (TPSA) is 38.5 Å². The molecule has 0 amide bonds. The van der Waals surface area contributed by atoms with E-state index in [1.807, 2.05) is 12.1 Å². The molecule has 3 nitrogen and oxygen atoms in total. The highest BCUT2D eigenvalue weighted by molar-refractivity contribution is 5.16. The molecule has 2 heterocycles. The van der Waals surface area contributed by atoms with Crippen LogP contribution in [0.15, 0.2) is 24.3 Å². The van der Waals surface area contributed by atoms with Crippen molar-refractivity contribution in [1.82, 2.24) is 4.90 Å². The highest BCUT2D eigenvalue weighted by atomic mass is 19.1. The fourth-order valence-corrected chi connectivity index (χ4v) is 3.09. The number of piperidine rings is 1. The molecule has 98 valence electrons. The quantitative estimate of drug-likeness (QED) is 0.865. The second-order valence-electron chi connectivity index (χ2n) is 5.38. The van der Waals surface area contributed by atoms with Crippen LogP contribution in [-0.2, 0) is 11.3 Å². The van der Waals surface area contributed by atoms with E-state index >= 15 is 0 Å². The molecule has 0 radical (unpaired) electrons. The standard InChI is InChI=1S/C14H19FN2O/c15-11-3-1-10(2-4-11)7-17-13-5-12(16)6-14(17)9-18-8-13/h1-4,12-14H,5-9,16H2/t12-,13-,14+. The molecule has 0 saturated carbocycles. The fourth-order valence-electron chi connectivity index (χ4n) is 3.09. The Balaban J connectivity index is 1.73. The van der Waals surface area contributed by atoms with Crippen LogP contribution in [-0.4, -0.2) is 36.2 Å². The van der Waals surface area contributed by atoms with E-state index in [4.69, 9.17) is 10.5 Å². The molecule has 2 fully saturated rings. The van der Waals surface area contributed by atoms with Gasteiger partial charge in [0.2, 0.25) is 0 Å². The first-order valence-electron chi connectivity index (χ1n) is 6.56. The van der Waals surface area contributed by atoms with E-state index in [0.29, 0.717) is 18.1 Å². The minimum absolute atomic E-state index is 0.178. The van der Waals surface area contributed by atoms with Crippen molar-refractivity contribution in [3.8, 4) is 0 Å². The third-order valence-corrected chi connectivity index (χ3v) is 3.99. The van der Waals surface area contributed by atoms with Gasteiger partial charge in [0.15, 0.2) is 0 Å². The van der Waals surface area contributed by atoms with Gasteiger partial charge in [-0.1, -0.05) is 12.1 Å². The molecule has 0 unspecified atom stereocenters. The zero-order valence-electron chi connectivity index (χ0n) is 10.4. The summed E-state index contributed by atoms with van der Waals surface area (Å²) in [6.07, 6.45) is 2.00. The van der Waals surface area contributed by atoms with Crippen molar-refractivity contribution in [3.63, 3.8) is 0 Å². The van der Waals surface area contributed by atoms with Crippen LogP contribution in [0.25, 0.3) is 0 Å². The average molecular weight is 250 g/mol. The van der Waals surface area contributed by atoms with Crippen LogP contribution in [0.4, 0.5) is 4.39 Å². The molecule has 4 heteroatoms. The zero-order valence-corrected chi connectivity index (χ0v) is 10.4. The van der Waals surface area contributed by atoms with Gasteiger partial charge in [0.05, 0.1) is 13.2 Å². The molecule has 0 aliphatic carbocycles. The molecule has 3 atom stereocenters. The molecule has 2 aliphatic rings. The van der Waals surface area contributed by atoms with Crippen LogP contribution in [0.5, 0.6) is 0 Å². The molecule has 1 aromatic rings. The summed E-state index contributed by atoms with van der Waals surface area (Å²) in [6.45, 7) is 2.41. The lowest BCUT2D eigenvalue weighted by molar-refractivity contribution is -0.0819. The molecule has 2 saturated heterocycles. The van der Waals surface area contributed by atoms with Crippen LogP contribution >= 0.6 is 0 Å². The Morgan fingerprint density at radius 2 is 1.78 bits per heavy atom. The Bertz CT molecular complexity index is 395. The lowest BCUT2D eigenvalue weighted by atomic mass is 9.90. The maximum atomic E-state index is 12.9. The lowest BCUT2D eigenvalue weighted by Gasteiger charge is -2.47. The summed E-state index contributed by atoms with van der Waals surface area (Å²) in [5, 5.41) is 0. The van der Waals surface area contributed by atoms with E-state index in [2.05, 4.69) is 4.90 Å². The summed E-state index contributed by atoms with van der Waals surface area (Å²) < 4.78 is 18.5. The molecule has 1 aromatic carbocycles. The van der Waals surface area contributed by atoms with Crippen molar-refractivity contribution >= 4 is 0 Å². The first-order valence-corrected chi connectivity index (χ1v) is 6.56. The summed E-state index contributed by atoms with van der Waals surface area (Å²) in [5.74, 6) is -0.178. The van der Waals surface area contributed by atoms with Crippen LogP contribution in [0.3, 0.4) is 0 Å². The number of hydrogen-bond acceptors (Lipinski definition) is 3. The van der Waals surface area contributed by atoms with Crippen LogP contribution in [0.2, 0.25) is 0 Å². The predicted molar refractivity (Wildman–Crippen MR) is 67.5 cm³/mol. The zero-order chi connectivity index (χ0) is 12.5. The van der Waals surface area contributed by atoms with Gasteiger partial charge in [0.25, 0.3) is 0 Å². The summed E-state index contributed by atoms with van der Waals surface area (Å²) in [5.41, 5.74) is 7.22. The van der Waals surface area contributed by atoms with Gasteiger partial charge in [-0.15, -0.1) is 0 Å². The SMILES string of the molecule is N[C@H]1C[C@H]2COC[C@@H](C1)N2Cc1ccc(F)cc1. The van der Waals surface area contributed by atoms with Gasteiger partial charge in [-0.2, -0.15) is 0 Å². The number of rotatable bonds is 2. The van der Waals surface area contributed by atoms with Crippen molar-refractivity contribution in [3.05, 3.63) is 35.6 Å². The number of benzene rings is 1. The van der Waals surface area contributed by atoms with Crippen molar-refractivity contribution in [1.29, 1.82) is 0 Å². The van der Waals surface area contributed by atoms with E-state index in [0.717, 1.165) is 38.2 Å². The lowest BCUT2D eigenvalue weighted by Crippen LogP contribution is -2.58. The molecular formula is C14H19FN2O. The van der Waals surface area contributed by atoms with E-state index in [1.165, 1.54) is 12.1 Å². The summed E-state index contributed by atoms with van der Waals surface area (Å²) in [6, 6.07) is 7.90. The number of nitrogens with zero attached hydrogens (tertiary/aromatic N) is 1. The van der Waals surface area contributed by atoms with Gasteiger partial charge in [-0.25, -0.2) is 4.39 Å². The number of fused-ring (bicyclic) bond motifs is 2. The third-order valence-electron chi connectivity index (χ3n) is 3.99. The van der Waals surface area contributed by atoms with E-state index in [1.54, 1.807) is 0 Å². The second-order valence-corrected chi connectivity index (χ2v) is 5.38. The van der Waals surface area contributed by atoms with E-state index < -0.39 is 0 Å². The van der Waals surface area contributed by atoms with Crippen molar-refractivity contribution in [2.75, 3.05) is 13.2 Å². The highest BCUT2D eigenvalue weighted by Gasteiger charge is 2.37. The van der Waals surface area contributed by atoms with Gasteiger partial charge in [0, 0.05) is 24.7 Å². The second kappa shape index (κ2) is 4.96. The number of hydrogen-bond donors (Lipinski definition) is 1. The fraction of sp³-hybridized carbons (Fsp3) is 0.571. The average Bonchev–Trinajstić information content (AvgIpc) is 2.33. The summed E-state index contributed by atoms with van der Waals surface area (Å²) in [4.78, 5) is 2.47. The van der Waals surface area contributed by atoms with Gasteiger partial charge in [-0.3, -0.25) is 4.90 Å².